The second-order valence-corrected chi connectivity index (χ2v) is 8.25. The summed E-state index contributed by atoms with van der Waals surface area (Å²) in [6.45, 7) is 6.77. The molecule has 0 aromatic heterocycles. The highest BCUT2D eigenvalue weighted by molar-refractivity contribution is 5.95. The summed E-state index contributed by atoms with van der Waals surface area (Å²) in [6.07, 6.45) is 0. The maximum Gasteiger partial charge on any atom is 0.269 e. The molecule has 2 aromatic rings. The van der Waals surface area contributed by atoms with Gasteiger partial charge in [0.05, 0.1) is 12.2 Å². The standard InChI is InChI=1S/C24H33N5O3/c1-19-7-6-8-20(17-19)24(31)26-25-23(30)18-28-11-13-29(14-12-28)21-9-4-5-10-22(21)32-16-15-27(2)3/h4-10,17H,11-16,18H2,1-3H3,(H,25,30)(H,26,31). The van der Waals surface area contributed by atoms with Crippen molar-refractivity contribution < 1.29 is 14.3 Å². The van der Waals surface area contributed by atoms with Gasteiger partial charge in [-0.1, -0.05) is 29.8 Å². The molecule has 1 aliphatic heterocycles. The van der Waals surface area contributed by atoms with Crippen LogP contribution in [0.2, 0.25) is 0 Å². The lowest BCUT2D eigenvalue weighted by molar-refractivity contribution is -0.123. The maximum atomic E-state index is 12.3. The molecule has 2 amide bonds. The van der Waals surface area contributed by atoms with E-state index in [1.54, 1.807) is 12.1 Å². The fourth-order valence-corrected chi connectivity index (χ4v) is 3.55. The van der Waals surface area contributed by atoms with Gasteiger partial charge in [-0.05, 0) is 45.3 Å². The molecule has 8 nitrogen and oxygen atoms in total. The van der Waals surface area contributed by atoms with Gasteiger partial charge in [0.1, 0.15) is 12.4 Å². The topological polar surface area (TPSA) is 77.2 Å². The number of hydrogen-bond acceptors (Lipinski definition) is 6. The summed E-state index contributed by atoms with van der Waals surface area (Å²) in [4.78, 5) is 30.9. The molecule has 0 radical (unpaired) electrons. The van der Waals surface area contributed by atoms with Gasteiger partial charge in [0.15, 0.2) is 0 Å². The highest BCUT2D eigenvalue weighted by Gasteiger charge is 2.21. The number of nitrogens with one attached hydrogen (secondary N) is 2. The molecule has 0 bridgehead atoms. The van der Waals surface area contributed by atoms with Gasteiger partial charge in [-0.15, -0.1) is 0 Å². The van der Waals surface area contributed by atoms with Crippen molar-refractivity contribution in [1.29, 1.82) is 0 Å². The number of ether oxygens (including phenoxy) is 1. The number of hydrogen-bond donors (Lipinski definition) is 2. The number of aryl methyl sites for hydroxylation is 1. The number of rotatable bonds is 8. The Morgan fingerprint density at radius 1 is 1.00 bits per heavy atom. The first-order valence-corrected chi connectivity index (χ1v) is 10.9. The van der Waals surface area contributed by atoms with Crippen molar-refractivity contribution in [1.82, 2.24) is 20.7 Å². The van der Waals surface area contributed by atoms with E-state index in [0.29, 0.717) is 12.2 Å². The first-order valence-electron chi connectivity index (χ1n) is 10.9. The van der Waals surface area contributed by atoms with Gasteiger partial charge in [0, 0.05) is 38.3 Å². The fourth-order valence-electron chi connectivity index (χ4n) is 3.55. The van der Waals surface area contributed by atoms with E-state index in [1.165, 1.54) is 0 Å². The Bertz CT molecular complexity index is 910. The lowest BCUT2D eigenvalue weighted by Gasteiger charge is -2.36. The minimum Gasteiger partial charge on any atom is -0.490 e. The Morgan fingerprint density at radius 2 is 1.75 bits per heavy atom. The highest BCUT2D eigenvalue weighted by atomic mass is 16.5. The van der Waals surface area contributed by atoms with E-state index in [9.17, 15) is 9.59 Å². The molecule has 1 fully saturated rings. The maximum absolute atomic E-state index is 12.3. The highest BCUT2D eigenvalue weighted by Crippen LogP contribution is 2.28. The fraction of sp³-hybridized carbons (Fsp3) is 0.417. The first kappa shape index (κ1) is 23.6. The van der Waals surface area contributed by atoms with Crippen LogP contribution in [-0.4, -0.2) is 81.6 Å². The van der Waals surface area contributed by atoms with Crippen LogP contribution in [0.25, 0.3) is 0 Å². The number of benzene rings is 2. The van der Waals surface area contributed by atoms with E-state index in [2.05, 4.69) is 31.6 Å². The predicted octanol–water partition coefficient (Wildman–Crippen LogP) is 1.52. The number of hydrazine groups is 1. The van der Waals surface area contributed by atoms with Crippen molar-refractivity contribution in [2.24, 2.45) is 0 Å². The van der Waals surface area contributed by atoms with Gasteiger partial charge in [-0.2, -0.15) is 0 Å². The molecular formula is C24H33N5O3. The lowest BCUT2D eigenvalue weighted by atomic mass is 10.1. The molecule has 1 aliphatic rings. The monoisotopic (exact) mass is 439 g/mol. The van der Waals surface area contributed by atoms with Gasteiger partial charge < -0.3 is 14.5 Å². The number of piperazine rings is 1. The average Bonchev–Trinajstić information content (AvgIpc) is 2.78. The Hall–Kier alpha value is -3.10. The van der Waals surface area contributed by atoms with E-state index >= 15 is 0 Å². The molecule has 2 N–H and O–H groups in total. The molecule has 1 heterocycles. The van der Waals surface area contributed by atoms with Gasteiger partial charge >= 0.3 is 0 Å². The molecule has 0 unspecified atom stereocenters. The summed E-state index contributed by atoms with van der Waals surface area (Å²) in [5.41, 5.74) is 7.60. The zero-order chi connectivity index (χ0) is 22.9. The predicted molar refractivity (Wildman–Crippen MR) is 126 cm³/mol. The van der Waals surface area contributed by atoms with E-state index < -0.39 is 0 Å². The first-order chi connectivity index (χ1) is 15.4. The summed E-state index contributed by atoms with van der Waals surface area (Å²) < 4.78 is 5.99. The number of amides is 2. The van der Waals surface area contributed by atoms with Crippen molar-refractivity contribution in [3.05, 3.63) is 59.7 Å². The molecule has 2 aromatic carbocycles. The van der Waals surface area contributed by atoms with Crippen LogP contribution in [-0.2, 0) is 4.79 Å². The molecule has 0 atom stereocenters. The molecule has 32 heavy (non-hydrogen) atoms. The minimum absolute atomic E-state index is 0.230. The van der Waals surface area contributed by atoms with Crippen molar-refractivity contribution in [2.45, 2.75) is 6.92 Å². The third-order valence-electron chi connectivity index (χ3n) is 5.34. The van der Waals surface area contributed by atoms with E-state index in [4.69, 9.17) is 4.74 Å². The lowest BCUT2D eigenvalue weighted by Crippen LogP contribution is -2.52. The molecule has 3 rings (SSSR count). The molecule has 172 valence electrons. The number of anilines is 1. The summed E-state index contributed by atoms with van der Waals surface area (Å²) in [5.74, 6) is 0.337. The number of carbonyl (C=O) groups excluding carboxylic acids is 2. The van der Waals surface area contributed by atoms with Crippen molar-refractivity contribution in [3.63, 3.8) is 0 Å². The molecule has 0 spiro atoms. The van der Waals surface area contributed by atoms with E-state index in [0.717, 1.165) is 49.7 Å². The van der Waals surface area contributed by atoms with Crippen molar-refractivity contribution in [2.75, 3.05) is 64.9 Å². The van der Waals surface area contributed by atoms with Crippen LogP contribution in [0.1, 0.15) is 15.9 Å². The molecule has 0 aliphatic carbocycles. The van der Waals surface area contributed by atoms with Crippen LogP contribution >= 0.6 is 0 Å². The van der Waals surface area contributed by atoms with E-state index in [-0.39, 0.29) is 18.4 Å². The Balaban J connectivity index is 1.44. The van der Waals surface area contributed by atoms with Crippen LogP contribution in [0, 0.1) is 6.92 Å². The third kappa shape index (κ3) is 6.96. The number of likely N-dealkylation sites (N-methyl/N-ethyl adjacent to an activating group) is 1. The summed E-state index contributed by atoms with van der Waals surface area (Å²) in [5, 5.41) is 0. The zero-order valence-electron chi connectivity index (χ0n) is 19.1. The Morgan fingerprint density at radius 3 is 2.47 bits per heavy atom. The second-order valence-electron chi connectivity index (χ2n) is 8.25. The van der Waals surface area contributed by atoms with Crippen LogP contribution < -0.4 is 20.5 Å². The summed E-state index contributed by atoms with van der Waals surface area (Å²) in [6, 6.07) is 15.3. The number of nitrogens with zero attached hydrogens (tertiary/aromatic N) is 3. The van der Waals surface area contributed by atoms with Gasteiger partial charge in [-0.25, -0.2) is 0 Å². The average molecular weight is 440 g/mol. The van der Waals surface area contributed by atoms with Crippen LogP contribution in [0.4, 0.5) is 5.69 Å². The van der Waals surface area contributed by atoms with Crippen molar-refractivity contribution >= 4 is 17.5 Å². The molecule has 1 saturated heterocycles. The Labute approximate surface area is 190 Å². The zero-order valence-corrected chi connectivity index (χ0v) is 19.1. The third-order valence-corrected chi connectivity index (χ3v) is 5.34. The SMILES string of the molecule is Cc1cccc(C(=O)NNC(=O)CN2CCN(c3ccccc3OCCN(C)C)CC2)c1. The largest absolute Gasteiger partial charge is 0.490 e. The van der Waals surface area contributed by atoms with Crippen LogP contribution in [0.15, 0.2) is 48.5 Å². The quantitative estimate of drug-likeness (QED) is 0.608. The van der Waals surface area contributed by atoms with Gasteiger partial charge in [0.2, 0.25) is 0 Å². The molecular weight excluding hydrogens is 406 g/mol. The molecule has 8 heteroatoms. The normalized spacial score (nSPS) is 14.3. The van der Waals surface area contributed by atoms with Crippen molar-refractivity contribution in [3.8, 4) is 5.75 Å². The van der Waals surface area contributed by atoms with Gasteiger partial charge in [0.25, 0.3) is 11.8 Å². The van der Waals surface area contributed by atoms with E-state index in [1.807, 2.05) is 51.4 Å². The Kier molecular flexibility index (Phi) is 8.47. The van der Waals surface area contributed by atoms with Gasteiger partial charge in [-0.3, -0.25) is 25.3 Å². The van der Waals surface area contributed by atoms with Crippen LogP contribution in [0.3, 0.4) is 0 Å². The van der Waals surface area contributed by atoms with Crippen LogP contribution in [0.5, 0.6) is 5.75 Å². The number of carbonyl (C=O) groups is 2. The summed E-state index contributed by atoms with van der Waals surface area (Å²) >= 11 is 0. The summed E-state index contributed by atoms with van der Waals surface area (Å²) in [7, 11) is 4.05. The molecule has 0 saturated carbocycles. The second kappa shape index (κ2) is 11.5. The minimum atomic E-state index is -0.322. The smallest absolute Gasteiger partial charge is 0.269 e. The number of para-hydroxylation sites is 2.